The van der Waals surface area contributed by atoms with E-state index in [1.807, 2.05) is 54.6 Å². The van der Waals surface area contributed by atoms with Gasteiger partial charge >= 0.3 is 0 Å². The van der Waals surface area contributed by atoms with E-state index in [9.17, 15) is 0 Å². The van der Waals surface area contributed by atoms with E-state index in [2.05, 4.69) is 0 Å². The second-order valence-electron chi connectivity index (χ2n) is 4.30. The van der Waals surface area contributed by atoms with Gasteiger partial charge in [-0.15, -0.1) is 0 Å². The van der Waals surface area contributed by atoms with Crippen LogP contribution in [0.15, 0.2) is 54.6 Å². The predicted molar refractivity (Wildman–Crippen MR) is 84.5 cm³/mol. The lowest BCUT2D eigenvalue weighted by molar-refractivity contribution is 0.313. The van der Waals surface area contributed by atoms with Crippen LogP contribution in [-0.4, -0.2) is 11.6 Å². The predicted octanol–water partition coefficient (Wildman–Crippen LogP) is 3.92. The molecule has 2 aromatic carbocycles. The van der Waals surface area contributed by atoms with Crippen LogP contribution in [0.5, 0.6) is 17.2 Å². The minimum atomic E-state index is 0.528. The molecule has 2 rings (SSSR count). The summed E-state index contributed by atoms with van der Waals surface area (Å²) in [4.78, 5) is 0.528. The highest BCUT2D eigenvalue weighted by Gasteiger charge is 1.98. The molecule has 0 heterocycles. The third kappa shape index (κ3) is 4.90. The van der Waals surface area contributed by atoms with Gasteiger partial charge in [0.05, 0.1) is 11.6 Å². The first-order valence-electron chi connectivity index (χ1n) is 6.48. The lowest BCUT2D eigenvalue weighted by atomic mass is 10.3. The van der Waals surface area contributed by atoms with Gasteiger partial charge in [-0.2, -0.15) is 0 Å². The molecule has 2 N–H and O–H groups in total. The summed E-state index contributed by atoms with van der Waals surface area (Å²) in [5.41, 5.74) is 5.42. The molecule has 0 aliphatic heterocycles. The van der Waals surface area contributed by atoms with Crippen LogP contribution in [0.4, 0.5) is 0 Å². The van der Waals surface area contributed by atoms with E-state index in [-0.39, 0.29) is 0 Å². The molecule has 0 saturated heterocycles. The molecule has 0 fully saturated rings. The number of rotatable bonds is 7. The maximum atomic E-state index is 5.70. The average molecular weight is 287 g/mol. The molecule has 0 aliphatic carbocycles. The molecule has 20 heavy (non-hydrogen) atoms. The molecule has 0 spiro atoms. The van der Waals surface area contributed by atoms with Crippen molar-refractivity contribution in [1.29, 1.82) is 0 Å². The van der Waals surface area contributed by atoms with E-state index in [0.29, 0.717) is 18.0 Å². The zero-order valence-corrected chi connectivity index (χ0v) is 11.9. The number of thiocarbonyl (C=S) groups is 1. The van der Waals surface area contributed by atoms with Gasteiger partial charge in [-0.3, -0.25) is 0 Å². The van der Waals surface area contributed by atoms with Crippen LogP contribution in [0.3, 0.4) is 0 Å². The van der Waals surface area contributed by atoms with Gasteiger partial charge in [0.2, 0.25) is 0 Å². The molecule has 0 aliphatic rings. The minimum absolute atomic E-state index is 0.528. The molecule has 0 saturated carbocycles. The standard InChI is InChI=1S/C16H17NO2S/c17-16(20)7-4-12-18-13-8-10-15(11-9-13)19-14-5-2-1-3-6-14/h1-3,5-6,8-11H,4,7,12H2,(H2,17,20). The van der Waals surface area contributed by atoms with Gasteiger partial charge in [0, 0.05) is 6.42 Å². The van der Waals surface area contributed by atoms with Crippen LogP contribution in [0.1, 0.15) is 12.8 Å². The summed E-state index contributed by atoms with van der Waals surface area (Å²) in [6.45, 7) is 0.607. The maximum absolute atomic E-state index is 5.70. The molecule has 0 amide bonds. The highest BCUT2D eigenvalue weighted by molar-refractivity contribution is 7.80. The van der Waals surface area contributed by atoms with Gasteiger partial charge in [-0.25, -0.2) is 0 Å². The number of hydrogen-bond acceptors (Lipinski definition) is 3. The number of nitrogens with two attached hydrogens (primary N) is 1. The van der Waals surface area contributed by atoms with Crippen molar-refractivity contribution in [2.45, 2.75) is 12.8 Å². The van der Waals surface area contributed by atoms with Crippen molar-refractivity contribution in [3.05, 3.63) is 54.6 Å². The van der Waals surface area contributed by atoms with Crippen LogP contribution in [0.25, 0.3) is 0 Å². The van der Waals surface area contributed by atoms with E-state index in [1.165, 1.54) is 0 Å². The third-order valence-corrected chi connectivity index (χ3v) is 2.84. The van der Waals surface area contributed by atoms with Gasteiger partial charge in [-0.1, -0.05) is 30.4 Å². The van der Waals surface area contributed by atoms with Crippen molar-refractivity contribution >= 4 is 17.2 Å². The van der Waals surface area contributed by atoms with Crippen LogP contribution in [-0.2, 0) is 0 Å². The van der Waals surface area contributed by atoms with Crippen molar-refractivity contribution in [1.82, 2.24) is 0 Å². The fourth-order valence-electron chi connectivity index (χ4n) is 1.66. The topological polar surface area (TPSA) is 44.5 Å². The largest absolute Gasteiger partial charge is 0.494 e. The number of benzene rings is 2. The zero-order chi connectivity index (χ0) is 14.2. The fourth-order valence-corrected chi connectivity index (χ4v) is 1.81. The Labute approximate surface area is 124 Å². The Morgan fingerprint density at radius 3 is 2.15 bits per heavy atom. The van der Waals surface area contributed by atoms with Crippen LogP contribution in [0.2, 0.25) is 0 Å². The second-order valence-corrected chi connectivity index (χ2v) is 4.83. The molecular formula is C16H17NO2S. The molecule has 4 heteroatoms. The average Bonchev–Trinajstić information content (AvgIpc) is 2.46. The first-order valence-corrected chi connectivity index (χ1v) is 6.89. The molecule has 0 atom stereocenters. The highest BCUT2D eigenvalue weighted by Crippen LogP contribution is 2.23. The fraction of sp³-hybridized carbons (Fsp3) is 0.188. The molecule has 0 bridgehead atoms. The third-order valence-electron chi connectivity index (χ3n) is 2.64. The molecule has 2 aromatic rings. The molecule has 0 unspecified atom stereocenters. The first kappa shape index (κ1) is 14.3. The summed E-state index contributed by atoms with van der Waals surface area (Å²) < 4.78 is 11.3. The lowest BCUT2D eigenvalue weighted by Gasteiger charge is -2.08. The maximum Gasteiger partial charge on any atom is 0.127 e. The Bertz CT molecular complexity index is 540. The Kier molecular flexibility index (Phi) is 5.38. The Balaban J connectivity index is 1.82. The number of hydrogen-bond donors (Lipinski definition) is 1. The van der Waals surface area contributed by atoms with Crippen molar-refractivity contribution in [2.75, 3.05) is 6.61 Å². The first-order chi connectivity index (χ1) is 9.74. The summed E-state index contributed by atoms with van der Waals surface area (Å²) in [7, 11) is 0. The molecule has 0 aromatic heterocycles. The molecule has 0 radical (unpaired) electrons. The van der Waals surface area contributed by atoms with Gasteiger partial charge in [0.25, 0.3) is 0 Å². The van der Waals surface area contributed by atoms with Crippen LogP contribution < -0.4 is 15.2 Å². The lowest BCUT2D eigenvalue weighted by Crippen LogP contribution is -2.09. The van der Waals surface area contributed by atoms with E-state index < -0.39 is 0 Å². The monoisotopic (exact) mass is 287 g/mol. The summed E-state index contributed by atoms with van der Waals surface area (Å²) in [5, 5.41) is 0. The van der Waals surface area contributed by atoms with Gasteiger partial charge in [0.1, 0.15) is 17.2 Å². The Morgan fingerprint density at radius 2 is 1.50 bits per heavy atom. The summed E-state index contributed by atoms with van der Waals surface area (Å²) in [5.74, 6) is 2.41. The van der Waals surface area contributed by atoms with Crippen molar-refractivity contribution in [3.8, 4) is 17.2 Å². The Morgan fingerprint density at radius 1 is 0.900 bits per heavy atom. The van der Waals surface area contributed by atoms with Crippen molar-refractivity contribution < 1.29 is 9.47 Å². The summed E-state index contributed by atoms with van der Waals surface area (Å²) in [6.07, 6.45) is 1.54. The zero-order valence-electron chi connectivity index (χ0n) is 11.1. The van der Waals surface area contributed by atoms with E-state index in [0.717, 1.165) is 23.7 Å². The smallest absolute Gasteiger partial charge is 0.127 e. The SMILES string of the molecule is NC(=S)CCCOc1ccc(Oc2ccccc2)cc1. The van der Waals surface area contributed by atoms with Gasteiger partial charge in [-0.05, 0) is 42.8 Å². The highest BCUT2D eigenvalue weighted by atomic mass is 32.1. The van der Waals surface area contributed by atoms with E-state index >= 15 is 0 Å². The molecular weight excluding hydrogens is 270 g/mol. The summed E-state index contributed by atoms with van der Waals surface area (Å²) in [6, 6.07) is 17.2. The molecule has 3 nitrogen and oxygen atoms in total. The second kappa shape index (κ2) is 7.50. The quantitative estimate of drug-likeness (QED) is 0.619. The van der Waals surface area contributed by atoms with Crippen LogP contribution >= 0.6 is 12.2 Å². The van der Waals surface area contributed by atoms with E-state index in [4.69, 9.17) is 27.4 Å². The number of ether oxygens (including phenoxy) is 2. The van der Waals surface area contributed by atoms with Crippen molar-refractivity contribution in [3.63, 3.8) is 0 Å². The van der Waals surface area contributed by atoms with Gasteiger partial charge < -0.3 is 15.2 Å². The van der Waals surface area contributed by atoms with Crippen molar-refractivity contribution in [2.24, 2.45) is 5.73 Å². The van der Waals surface area contributed by atoms with Gasteiger partial charge in [0.15, 0.2) is 0 Å². The Hall–Kier alpha value is -2.07. The normalized spacial score (nSPS) is 10.0. The van der Waals surface area contributed by atoms with E-state index in [1.54, 1.807) is 0 Å². The minimum Gasteiger partial charge on any atom is -0.494 e. The molecule has 104 valence electrons. The summed E-state index contributed by atoms with van der Waals surface area (Å²) >= 11 is 4.81. The van der Waals surface area contributed by atoms with Crippen LogP contribution in [0, 0.1) is 0 Å². The number of para-hydroxylation sites is 1.